The van der Waals surface area contributed by atoms with Gasteiger partial charge in [-0.25, -0.2) is 8.42 Å². The zero-order valence-corrected chi connectivity index (χ0v) is 17.4. The number of thiocarbonyl (C=S) groups is 1. The fourth-order valence-corrected chi connectivity index (χ4v) is 5.40. The van der Waals surface area contributed by atoms with Gasteiger partial charge in [0.1, 0.15) is 0 Å². The Morgan fingerprint density at radius 1 is 1.26 bits per heavy atom. The summed E-state index contributed by atoms with van der Waals surface area (Å²) in [5.74, 6) is 1.92. The van der Waals surface area contributed by atoms with Gasteiger partial charge in [0, 0.05) is 19.1 Å². The van der Waals surface area contributed by atoms with Crippen LogP contribution in [0.4, 0.5) is 0 Å². The average Bonchev–Trinajstić information content (AvgIpc) is 3.21. The fraction of sp³-hybridized carbons (Fsp3) is 0.611. The Morgan fingerprint density at radius 2 is 2.04 bits per heavy atom. The molecule has 1 aromatic rings. The highest BCUT2D eigenvalue weighted by atomic mass is 32.2. The van der Waals surface area contributed by atoms with E-state index >= 15 is 0 Å². The van der Waals surface area contributed by atoms with Crippen molar-refractivity contribution in [3.8, 4) is 11.5 Å². The van der Waals surface area contributed by atoms with Crippen LogP contribution in [0, 0.1) is 0 Å². The van der Waals surface area contributed by atoms with E-state index < -0.39 is 9.84 Å². The summed E-state index contributed by atoms with van der Waals surface area (Å²) in [4.78, 5) is 4.17. The highest BCUT2D eigenvalue weighted by Crippen LogP contribution is 2.32. The molecule has 0 saturated carbocycles. The Labute approximate surface area is 166 Å². The van der Waals surface area contributed by atoms with Gasteiger partial charge in [0.25, 0.3) is 0 Å². The lowest BCUT2D eigenvalue weighted by molar-refractivity contribution is 0.174. The number of nitrogens with one attached hydrogen (secondary N) is 1. The number of rotatable bonds is 7. The third kappa shape index (κ3) is 5.46. The van der Waals surface area contributed by atoms with Gasteiger partial charge in [-0.1, -0.05) is 6.07 Å². The van der Waals surface area contributed by atoms with E-state index in [2.05, 4.69) is 15.1 Å². The van der Waals surface area contributed by atoms with E-state index in [4.69, 9.17) is 21.7 Å². The van der Waals surface area contributed by atoms with Crippen LogP contribution in [0.25, 0.3) is 0 Å². The van der Waals surface area contributed by atoms with Crippen molar-refractivity contribution in [3.63, 3.8) is 0 Å². The molecule has 0 aliphatic carbocycles. The number of hydrogen-bond acceptors (Lipinski definition) is 6. The molecule has 7 nitrogen and oxygen atoms in total. The van der Waals surface area contributed by atoms with Crippen molar-refractivity contribution in [3.05, 3.63) is 23.8 Å². The predicted octanol–water partition coefficient (Wildman–Crippen LogP) is 1.23. The van der Waals surface area contributed by atoms with Gasteiger partial charge in [0.15, 0.2) is 26.4 Å². The van der Waals surface area contributed by atoms with E-state index in [-0.39, 0.29) is 24.3 Å². The molecule has 0 bridgehead atoms. The van der Waals surface area contributed by atoms with Crippen molar-refractivity contribution >= 4 is 27.2 Å². The van der Waals surface area contributed by atoms with Crippen molar-refractivity contribution in [1.29, 1.82) is 0 Å². The van der Waals surface area contributed by atoms with E-state index in [0.29, 0.717) is 18.1 Å². The predicted molar refractivity (Wildman–Crippen MR) is 109 cm³/mol. The molecule has 0 unspecified atom stereocenters. The van der Waals surface area contributed by atoms with Gasteiger partial charge in [0.2, 0.25) is 6.79 Å². The maximum atomic E-state index is 11.9. The molecule has 2 heterocycles. The second-order valence-corrected chi connectivity index (χ2v) is 9.87. The lowest BCUT2D eigenvalue weighted by Gasteiger charge is -2.31. The van der Waals surface area contributed by atoms with Crippen LogP contribution in [-0.2, 0) is 16.4 Å². The van der Waals surface area contributed by atoms with Gasteiger partial charge in [-0.05, 0) is 63.4 Å². The van der Waals surface area contributed by atoms with Gasteiger partial charge in [-0.15, -0.1) is 0 Å². The summed E-state index contributed by atoms with van der Waals surface area (Å²) >= 11 is 5.62. The summed E-state index contributed by atoms with van der Waals surface area (Å²) in [5.41, 5.74) is 1.04. The first-order valence-corrected chi connectivity index (χ1v) is 11.4. The number of ether oxygens (including phenoxy) is 2. The third-order valence-corrected chi connectivity index (χ3v) is 6.92. The molecule has 27 heavy (non-hydrogen) atoms. The van der Waals surface area contributed by atoms with Crippen molar-refractivity contribution in [2.24, 2.45) is 0 Å². The maximum absolute atomic E-state index is 11.9. The van der Waals surface area contributed by atoms with Crippen molar-refractivity contribution in [2.75, 3.05) is 45.5 Å². The monoisotopic (exact) mass is 413 g/mol. The molecule has 0 spiro atoms. The minimum atomic E-state index is -2.96. The molecular formula is C18H27N3O4S2. The minimum Gasteiger partial charge on any atom is -0.454 e. The lowest BCUT2D eigenvalue weighted by atomic mass is 10.2. The Morgan fingerprint density at radius 3 is 2.74 bits per heavy atom. The molecule has 150 valence electrons. The molecule has 1 atom stereocenters. The summed E-state index contributed by atoms with van der Waals surface area (Å²) in [6.07, 6.45) is 1.56. The number of benzene rings is 1. The molecule has 0 radical (unpaired) electrons. The van der Waals surface area contributed by atoms with Crippen LogP contribution in [0.5, 0.6) is 11.5 Å². The van der Waals surface area contributed by atoms with Gasteiger partial charge in [0.05, 0.1) is 11.5 Å². The number of sulfone groups is 1. The Kier molecular flexibility index (Phi) is 6.44. The van der Waals surface area contributed by atoms with E-state index in [1.165, 1.54) is 0 Å². The molecular weight excluding hydrogens is 386 g/mol. The first-order chi connectivity index (χ1) is 12.8. The topological polar surface area (TPSA) is 71.1 Å². The van der Waals surface area contributed by atoms with Crippen LogP contribution in [0.2, 0.25) is 0 Å². The van der Waals surface area contributed by atoms with Gasteiger partial charge < -0.3 is 24.6 Å². The van der Waals surface area contributed by atoms with Gasteiger partial charge in [-0.2, -0.15) is 0 Å². The number of hydrogen-bond donors (Lipinski definition) is 1. The summed E-state index contributed by atoms with van der Waals surface area (Å²) < 4.78 is 34.6. The zero-order valence-electron chi connectivity index (χ0n) is 15.8. The first kappa shape index (κ1) is 20.2. The lowest BCUT2D eigenvalue weighted by Crippen LogP contribution is -2.47. The van der Waals surface area contributed by atoms with E-state index in [1.807, 2.05) is 32.3 Å². The largest absolute Gasteiger partial charge is 0.454 e. The molecule has 1 aromatic carbocycles. The van der Waals surface area contributed by atoms with Crippen LogP contribution in [-0.4, -0.2) is 74.9 Å². The van der Waals surface area contributed by atoms with E-state index in [9.17, 15) is 8.42 Å². The molecule has 9 heteroatoms. The smallest absolute Gasteiger partial charge is 0.231 e. The van der Waals surface area contributed by atoms with Crippen LogP contribution in [0.15, 0.2) is 18.2 Å². The summed E-state index contributed by atoms with van der Waals surface area (Å²) in [5, 5.41) is 3.89. The third-order valence-electron chi connectivity index (χ3n) is 4.80. The average molecular weight is 414 g/mol. The second kappa shape index (κ2) is 8.62. The quantitative estimate of drug-likeness (QED) is 0.670. The first-order valence-electron chi connectivity index (χ1n) is 9.12. The van der Waals surface area contributed by atoms with Gasteiger partial charge in [-0.3, -0.25) is 0 Å². The normalized spacial score (nSPS) is 20.0. The fourth-order valence-electron chi connectivity index (χ4n) is 3.36. The van der Waals surface area contributed by atoms with Crippen LogP contribution in [0.1, 0.15) is 18.4 Å². The Balaban J connectivity index is 1.61. The molecule has 2 aliphatic rings. The molecule has 0 amide bonds. The number of fused-ring (bicyclic) bond motifs is 1. The summed E-state index contributed by atoms with van der Waals surface area (Å²) in [6, 6.07) is 5.75. The SMILES string of the molecule is CN(C)CCCN(C(=S)NCc1ccc2c(c1)OCO2)[C@H]1CCS(=O)(=O)C1. The van der Waals surface area contributed by atoms with Crippen molar-refractivity contribution in [1.82, 2.24) is 15.1 Å². The molecule has 1 fully saturated rings. The summed E-state index contributed by atoms with van der Waals surface area (Å²) in [7, 11) is 1.10. The highest BCUT2D eigenvalue weighted by molar-refractivity contribution is 7.91. The zero-order chi connectivity index (χ0) is 19.4. The second-order valence-electron chi connectivity index (χ2n) is 7.25. The Bertz CT molecular complexity index is 783. The number of nitrogens with zero attached hydrogens (tertiary/aromatic N) is 2. The molecule has 2 aliphatic heterocycles. The van der Waals surface area contributed by atoms with Crippen LogP contribution >= 0.6 is 12.2 Å². The van der Waals surface area contributed by atoms with Crippen LogP contribution in [0.3, 0.4) is 0 Å². The highest BCUT2D eigenvalue weighted by Gasteiger charge is 2.33. The van der Waals surface area contributed by atoms with Crippen LogP contribution < -0.4 is 14.8 Å². The molecule has 1 N–H and O–H groups in total. The van der Waals surface area contributed by atoms with Gasteiger partial charge >= 0.3 is 0 Å². The van der Waals surface area contributed by atoms with E-state index in [0.717, 1.165) is 36.6 Å². The summed E-state index contributed by atoms with van der Waals surface area (Å²) in [6.45, 7) is 2.48. The molecule has 1 saturated heterocycles. The van der Waals surface area contributed by atoms with Crippen molar-refractivity contribution < 1.29 is 17.9 Å². The standard InChI is InChI=1S/C18H27N3O4S2/c1-20(2)7-3-8-21(15-6-9-27(22,23)12-15)18(26)19-11-14-4-5-16-17(10-14)25-13-24-16/h4-5,10,15H,3,6-9,11-13H2,1-2H3,(H,19,26)/t15-/m0/s1. The molecule has 3 rings (SSSR count). The maximum Gasteiger partial charge on any atom is 0.231 e. The minimum absolute atomic E-state index is 0.0473. The van der Waals surface area contributed by atoms with E-state index in [1.54, 1.807) is 0 Å². The molecule has 0 aromatic heterocycles. The Hall–Kier alpha value is -1.58. The van der Waals surface area contributed by atoms with Crippen molar-refractivity contribution in [2.45, 2.75) is 25.4 Å².